The molecule has 5 heteroatoms. The highest BCUT2D eigenvalue weighted by Crippen LogP contribution is 2.26. The number of hydrogen-bond acceptors (Lipinski definition) is 3. The molecule has 1 saturated heterocycles. The van der Waals surface area contributed by atoms with E-state index in [0.29, 0.717) is 19.5 Å². The first-order valence-electron chi connectivity index (χ1n) is 8.53. The number of hydrogen-bond donors (Lipinski definition) is 2. The summed E-state index contributed by atoms with van der Waals surface area (Å²) in [5.74, 6) is 0.189. The maximum Gasteiger partial charge on any atom is 0.242 e. The van der Waals surface area contributed by atoms with E-state index in [2.05, 4.69) is 5.32 Å². The lowest BCUT2D eigenvalue weighted by molar-refractivity contribution is -0.139. The van der Waals surface area contributed by atoms with Gasteiger partial charge >= 0.3 is 0 Å². The van der Waals surface area contributed by atoms with E-state index in [0.717, 1.165) is 32.1 Å². The molecule has 2 N–H and O–H groups in total. The molecular weight excluding hydrogens is 280 g/mol. The third-order valence-electron chi connectivity index (χ3n) is 4.71. The summed E-state index contributed by atoms with van der Waals surface area (Å²) in [4.78, 5) is 26.5. The molecule has 3 unspecified atom stereocenters. The van der Waals surface area contributed by atoms with Crippen molar-refractivity contribution in [2.75, 3.05) is 13.1 Å². The van der Waals surface area contributed by atoms with Crippen LogP contribution in [0.2, 0.25) is 0 Å². The molecule has 0 aromatic heterocycles. The number of likely N-dealkylation sites (tertiary alicyclic amines) is 1. The van der Waals surface area contributed by atoms with Gasteiger partial charge in [-0.15, -0.1) is 0 Å². The molecule has 1 aliphatic carbocycles. The van der Waals surface area contributed by atoms with Crippen LogP contribution in [0.15, 0.2) is 0 Å². The maximum absolute atomic E-state index is 12.4. The molecule has 0 bridgehead atoms. The molecule has 0 radical (unpaired) electrons. The normalized spacial score (nSPS) is 28.9. The van der Waals surface area contributed by atoms with Gasteiger partial charge in [0.1, 0.15) is 6.04 Å². The molecule has 1 aliphatic heterocycles. The minimum atomic E-state index is -0.326. The van der Waals surface area contributed by atoms with Gasteiger partial charge < -0.3 is 15.3 Å². The lowest BCUT2D eigenvalue weighted by Gasteiger charge is -2.28. The SMILES string of the molecule is CC(C)(C)CC(=O)N1CCCC1C(=O)NCC1CCCC1O. The summed E-state index contributed by atoms with van der Waals surface area (Å²) in [5, 5.41) is 12.8. The Hall–Kier alpha value is -1.10. The zero-order valence-corrected chi connectivity index (χ0v) is 14.1. The lowest BCUT2D eigenvalue weighted by atomic mass is 9.91. The lowest BCUT2D eigenvalue weighted by Crippen LogP contribution is -2.48. The summed E-state index contributed by atoms with van der Waals surface area (Å²) in [5.41, 5.74) is -0.0609. The summed E-state index contributed by atoms with van der Waals surface area (Å²) in [7, 11) is 0. The van der Waals surface area contributed by atoms with E-state index in [1.807, 2.05) is 20.8 Å². The van der Waals surface area contributed by atoms with Crippen LogP contribution in [-0.4, -0.2) is 47.1 Å². The molecule has 2 aliphatic rings. The van der Waals surface area contributed by atoms with E-state index in [-0.39, 0.29) is 35.3 Å². The fraction of sp³-hybridized carbons (Fsp3) is 0.882. The Morgan fingerprint density at radius 2 is 1.91 bits per heavy atom. The summed E-state index contributed by atoms with van der Waals surface area (Å²) in [6.45, 7) is 7.32. The molecule has 126 valence electrons. The van der Waals surface area contributed by atoms with E-state index in [4.69, 9.17) is 0 Å². The molecule has 3 atom stereocenters. The Kier molecular flexibility index (Phi) is 5.48. The van der Waals surface area contributed by atoms with Gasteiger partial charge in [0, 0.05) is 25.4 Å². The Morgan fingerprint density at radius 1 is 1.18 bits per heavy atom. The maximum atomic E-state index is 12.4. The number of aliphatic hydroxyl groups excluding tert-OH is 1. The van der Waals surface area contributed by atoms with Gasteiger partial charge in [0.25, 0.3) is 0 Å². The third kappa shape index (κ3) is 4.45. The number of amides is 2. The van der Waals surface area contributed by atoms with Crippen molar-refractivity contribution in [2.24, 2.45) is 11.3 Å². The van der Waals surface area contributed by atoms with Crippen LogP contribution in [0.4, 0.5) is 0 Å². The molecule has 2 fully saturated rings. The average molecular weight is 310 g/mol. The summed E-state index contributed by atoms with van der Waals surface area (Å²) < 4.78 is 0. The van der Waals surface area contributed by atoms with Crippen LogP contribution >= 0.6 is 0 Å². The van der Waals surface area contributed by atoms with Gasteiger partial charge in [-0.3, -0.25) is 9.59 Å². The standard InChI is InChI=1S/C17H30N2O3/c1-17(2,3)10-15(21)19-9-5-7-13(19)16(22)18-11-12-6-4-8-14(12)20/h12-14,20H,4-11H2,1-3H3,(H,18,22). The number of aliphatic hydroxyl groups is 1. The zero-order chi connectivity index (χ0) is 16.3. The quantitative estimate of drug-likeness (QED) is 0.830. The molecule has 0 aromatic carbocycles. The van der Waals surface area contributed by atoms with E-state index in [9.17, 15) is 14.7 Å². The smallest absolute Gasteiger partial charge is 0.242 e. The first kappa shape index (κ1) is 17.3. The van der Waals surface area contributed by atoms with E-state index < -0.39 is 0 Å². The summed E-state index contributed by atoms with van der Waals surface area (Å²) in [6.07, 6.45) is 4.65. The Bertz CT molecular complexity index is 417. The number of rotatable bonds is 4. The van der Waals surface area contributed by atoms with E-state index >= 15 is 0 Å². The van der Waals surface area contributed by atoms with Crippen molar-refractivity contribution in [2.45, 2.75) is 71.4 Å². The van der Waals surface area contributed by atoms with Gasteiger partial charge in [-0.2, -0.15) is 0 Å². The number of nitrogens with zero attached hydrogens (tertiary/aromatic N) is 1. The molecule has 1 heterocycles. The molecule has 0 spiro atoms. The van der Waals surface area contributed by atoms with Gasteiger partial charge in [0.15, 0.2) is 0 Å². The van der Waals surface area contributed by atoms with Crippen molar-refractivity contribution in [1.29, 1.82) is 0 Å². The Balaban J connectivity index is 1.86. The average Bonchev–Trinajstić information content (AvgIpc) is 3.02. The van der Waals surface area contributed by atoms with Gasteiger partial charge in [-0.1, -0.05) is 27.2 Å². The van der Waals surface area contributed by atoms with Crippen molar-refractivity contribution in [1.82, 2.24) is 10.2 Å². The van der Waals surface area contributed by atoms with Crippen LogP contribution in [0.1, 0.15) is 59.3 Å². The first-order chi connectivity index (χ1) is 10.3. The molecule has 5 nitrogen and oxygen atoms in total. The predicted octanol–water partition coefficient (Wildman–Crippen LogP) is 1.69. The van der Waals surface area contributed by atoms with Crippen molar-refractivity contribution >= 4 is 11.8 Å². The Morgan fingerprint density at radius 3 is 2.50 bits per heavy atom. The fourth-order valence-electron chi connectivity index (χ4n) is 3.50. The van der Waals surface area contributed by atoms with E-state index in [1.165, 1.54) is 0 Å². The van der Waals surface area contributed by atoms with Crippen molar-refractivity contribution in [3.05, 3.63) is 0 Å². The van der Waals surface area contributed by atoms with Crippen LogP contribution in [0.25, 0.3) is 0 Å². The van der Waals surface area contributed by atoms with Crippen LogP contribution in [-0.2, 0) is 9.59 Å². The number of carbonyl (C=O) groups excluding carboxylic acids is 2. The topological polar surface area (TPSA) is 69.6 Å². The van der Waals surface area contributed by atoms with E-state index in [1.54, 1.807) is 4.90 Å². The van der Waals surface area contributed by atoms with Crippen molar-refractivity contribution in [3.8, 4) is 0 Å². The summed E-state index contributed by atoms with van der Waals surface area (Å²) >= 11 is 0. The number of carbonyl (C=O) groups is 2. The van der Waals surface area contributed by atoms with Gasteiger partial charge in [0.2, 0.25) is 11.8 Å². The van der Waals surface area contributed by atoms with Crippen molar-refractivity contribution in [3.63, 3.8) is 0 Å². The molecule has 22 heavy (non-hydrogen) atoms. The summed E-state index contributed by atoms with van der Waals surface area (Å²) in [6, 6.07) is -0.326. The predicted molar refractivity (Wildman–Crippen MR) is 85.2 cm³/mol. The zero-order valence-electron chi connectivity index (χ0n) is 14.1. The molecular formula is C17H30N2O3. The van der Waals surface area contributed by atoms with Gasteiger partial charge in [-0.05, 0) is 31.1 Å². The van der Waals surface area contributed by atoms with Crippen LogP contribution in [0, 0.1) is 11.3 Å². The minimum absolute atomic E-state index is 0.0566. The highest BCUT2D eigenvalue weighted by Gasteiger charge is 2.35. The van der Waals surface area contributed by atoms with Gasteiger partial charge in [-0.25, -0.2) is 0 Å². The highest BCUT2D eigenvalue weighted by molar-refractivity contribution is 5.88. The second kappa shape index (κ2) is 6.99. The molecule has 2 rings (SSSR count). The van der Waals surface area contributed by atoms with Crippen LogP contribution in [0.5, 0.6) is 0 Å². The van der Waals surface area contributed by atoms with Gasteiger partial charge in [0.05, 0.1) is 6.10 Å². The molecule has 2 amide bonds. The molecule has 0 aromatic rings. The third-order valence-corrected chi connectivity index (χ3v) is 4.71. The second-order valence-corrected chi connectivity index (χ2v) is 7.99. The fourth-order valence-corrected chi connectivity index (χ4v) is 3.50. The van der Waals surface area contributed by atoms with Crippen molar-refractivity contribution < 1.29 is 14.7 Å². The highest BCUT2D eigenvalue weighted by atomic mass is 16.3. The monoisotopic (exact) mass is 310 g/mol. The Labute approximate surface area is 133 Å². The first-order valence-corrected chi connectivity index (χ1v) is 8.53. The largest absolute Gasteiger partial charge is 0.393 e. The number of nitrogens with one attached hydrogen (secondary N) is 1. The molecule has 1 saturated carbocycles. The van der Waals surface area contributed by atoms with Crippen LogP contribution in [0.3, 0.4) is 0 Å². The minimum Gasteiger partial charge on any atom is -0.393 e. The second-order valence-electron chi connectivity index (χ2n) is 7.99. The van der Waals surface area contributed by atoms with Crippen LogP contribution < -0.4 is 5.32 Å².